The third kappa shape index (κ3) is 7.79. The Morgan fingerprint density at radius 1 is 1.16 bits per heavy atom. The van der Waals surface area contributed by atoms with Crippen molar-refractivity contribution in [3.8, 4) is 0 Å². The lowest BCUT2D eigenvalue weighted by molar-refractivity contribution is -0.143. The minimum Gasteiger partial charge on any atom is -0.373 e. The Kier molecular flexibility index (Phi) is 7.33. The lowest BCUT2D eigenvalue weighted by Gasteiger charge is -2.35. The summed E-state index contributed by atoms with van der Waals surface area (Å²) in [4.78, 5) is 15.5. The second kappa shape index (κ2) is 9.05. The first-order chi connectivity index (χ1) is 11.7. The summed E-state index contributed by atoms with van der Waals surface area (Å²) in [7, 11) is 0. The summed E-state index contributed by atoms with van der Waals surface area (Å²) in [5, 5.41) is 5.54. The van der Waals surface area contributed by atoms with Gasteiger partial charge in [0.15, 0.2) is 0 Å². The fourth-order valence-electron chi connectivity index (χ4n) is 3.56. The van der Waals surface area contributed by atoms with E-state index in [-0.39, 0.29) is 30.8 Å². The molecule has 0 aromatic rings. The molecule has 2 saturated heterocycles. The number of amides is 2. The highest BCUT2D eigenvalue weighted by Gasteiger charge is 2.34. The summed E-state index contributed by atoms with van der Waals surface area (Å²) >= 11 is 0. The van der Waals surface area contributed by atoms with Crippen molar-refractivity contribution in [2.24, 2.45) is 0 Å². The topological polar surface area (TPSA) is 56.8 Å². The lowest BCUT2D eigenvalue weighted by atomic mass is 10.2. The van der Waals surface area contributed by atoms with Crippen LogP contribution >= 0.6 is 0 Å². The third-order valence-corrected chi connectivity index (χ3v) is 4.44. The molecule has 0 radical (unpaired) electrons. The molecule has 2 rings (SSSR count). The zero-order valence-corrected chi connectivity index (χ0v) is 14.9. The van der Waals surface area contributed by atoms with Crippen LogP contribution in [-0.4, -0.2) is 86.1 Å². The van der Waals surface area contributed by atoms with Crippen LogP contribution in [0.25, 0.3) is 0 Å². The van der Waals surface area contributed by atoms with E-state index in [0.29, 0.717) is 19.5 Å². The number of hydrogen-bond donors (Lipinski definition) is 2. The molecule has 0 aromatic carbocycles. The van der Waals surface area contributed by atoms with Crippen molar-refractivity contribution in [1.82, 2.24) is 20.4 Å². The van der Waals surface area contributed by atoms with Crippen molar-refractivity contribution in [3.63, 3.8) is 0 Å². The van der Waals surface area contributed by atoms with Crippen LogP contribution < -0.4 is 10.6 Å². The van der Waals surface area contributed by atoms with Crippen LogP contribution in [0.4, 0.5) is 18.0 Å². The maximum atomic E-state index is 12.4. The molecule has 2 heterocycles. The molecule has 25 heavy (non-hydrogen) atoms. The van der Waals surface area contributed by atoms with Crippen LogP contribution in [0.1, 0.15) is 26.7 Å². The first kappa shape index (κ1) is 20.3. The maximum Gasteiger partial charge on any atom is 0.401 e. The number of ether oxygens (including phenoxy) is 1. The number of nitrogens with one attached hydrogen (secondary N) is 2. The van der Waals surface area contributed by atoms with E-state index in [0.717, 1.165) is 26.1 Å². The summed E-state index contributed by atoms with van der Waals surface area (Å²) in [6.07, 6.45) is -2.36. The van der Waals surface area contributed by atoms with Crippen LogP contribution in [0.5, 0.6) is 0 Å². The fraction of sp³-hybridized carbons (Fsp3) is 0.938. The van der Waals surface area contributed by atoms with Crippen LogP contribution in [0, 0.1) is 0 Å². The fourth-order valence-corrected chi connectivity index (χ4v) is 3.56. The third-order valence-electron chi connectivity index (χ3n) is 4.44. The second-order valence-electron chi connectivity index (χ2n) is 7.11. The van der Waals surface area contributed by atoms with Crippen LogP contribution in [0.2, 0.25) is 0 Å². The largest absolute Gasteiger partial charge is 0.401 e. The van der Waals surface area contributed by atoms with E-state index in [9.17, 15) is 18.0 Å². The lowest BCUT2D eigenvalue weighted by Crippen LogP contribution is -2.47. The van der Waals surface area contributed by atoms with E-state index < -0.39 is 12.7 Å². The molecule has 2 aliphatic rings. The van der Waals surface area contributed by atoms with Crippen LogP contribution in [0.3, 0.4) is 0 Å². The standard InChI is InChI=1S/C16H29F3N4O2/c1-12-8-22(9-13(2)25-12)6-3-5-20-15(24)21-14-4-7-23(10-14)11-16(17,18)19/h12-14H,3-11H2,1-2H3,(H2,20,21,24). The number of carbonyl (C=O) groups is 1. The van der Waals surface area contributed by atoms with Crippen molar-refractivity contribution < 1.29 is 22.7 Å². The molecule has 3 atom stereocenters. The average Bonchev–Trinajstić information content (AvgIpc) is 2.87. The number of likely N-dealkylation sites (tertiary alicyclic amines) is 1. The van der Waals surface area contributed by atoms with E-state index in [2.05, 4.69) is 29.4 Å². The number of hydrogen-bond acceptors (Lipinski definition) is 4. The monoisotopic (exact) mass is 366 g/mol. The zero-order chi connectivity index (χ0) is 18.4. The number of morpholine rings is 1. The van der Waals surface area contributed by atoms with E-state index in [1.165, 1.54) is 4.90 Å². The van der Waals surface area contributed by atoms with Gasteiger partial charge in [0.2, 0.25) is 0 Å². The molecule has 2 amide bonds. The van der Waals surface area contributed by atoms with Crippen LogP contribution in [-0.2, 0) is 4.74 Å². The van der Waals surface area contributed by atoms with Gasteiger partial charge in [-0.2, -0.15) is 13.2 Å². The van der Waals surface area contributed by atoms with Gasteiger partial charge in [-0.05, 0) is 26.7 Å². The van der Waals surface area contributed by atoms with Gasteiger partial charge in [-0.3, -0.25) is 9.80 Å². The summed E-state index contributed by atoms with van der Waals surface area (Å²) in [6, 6.07) is -0.522. The van der Waals surface area contributed by atoms with E-state index >= 15 is 0 Å². The summed E-state index contributed by atoms with van der Waals surface area (Å²) in [6.45, 7) is 7.03. The van der Waals surface area contributed by atoms with Gasteiger partial charge >= 0.3 is 12.2 Å². The Bertz CT molecular complexity index is 426. The summed E-state index contributed by atoms with van der Waals surface area (Å²) < 4.78 is 42.7. The summed E-state index contributed by atoms with van der Waals surface area (Å²) in [5.74, 6) is 0. The van der Waals surface area contributed by atoms with E-state index in [1.54, 1.807) is 0 Å². The maximum absolute atomic E-state index is 12.4. The molecular weight excluding hydrogens is 337 g/mol. The SMILES string of the molecule is CC1CN(CCCNC(=O)NC2CCN(CC(F)(F)F)C2)CC(C)O1. The molecule has 2 aliphatic heterocycles. The first-order valence-corrected chi connectivity index (χ1v) is 8.92. The van der Waals surface area contributed by atoms with Crippen molar-refractivity contribution >= 4 is 6.03 Å². The first-order valence-electron chi connectivity index (χ1n) is 8.92. The van der Waals surface area contributed by atoms with Gasteiger partial charge in [0.1, 0.15) is 0 Å². The average molecular weight is 366 g/mol. The van der Waals surface area contributed by atoms with Gasteiger partial charge in [0.25, 0.3) is 0 Å². The molecule has 6 nitrogen and oxygen atoms in total. The van der Waals surface area contributed by atoms with Crippen molar-refractivity contribution in [3.05, 3.63) is 0 Å². The second-order valence-corrected chi connectivity index (χ2v) is 7.11. The Balaban J connectivity index is 1.56. The van der Waals surface area contributed by atoms with Crippen molar-refractivity contribution in [1.29, 1.82) is 0 Å². The van der Waals surface area contributed by atoms with Crippen LogP contribution in [0.15, 0.2) is 0 Å². The molecule has 0 bridgehead atoms. The smallest absolute Gasteiger partial charge is 0.373 e. The molecule has 9 heteroatoms. The number of alkyl halides is 3. The number of urea groups is 1. The quantitative estimate of drug-likeness (QED) is 0.698. The molecule has 0 saturated carbocycles. The van der Waals surface area contributed by atoms with Gasteiger partial charge in [0.05, 0.1) is 18.8 Å². The minimum absolute atomic E-state index is 0.219. The number of nitrogens with zero attached hydrogens (tertiary/aromatic N) is 2. The van der Waals surface area contributed by atoms with Crippen molar-refractivity contribution in [2.45, 2.75) is 51.1 Å². The van der Waals surface area contributed by atoms with Gasteiger partial charge in [-0.15, -0.1) is 0 Å². The minimum atomic E-state index is -4.19. The number of carbonyl (C=O) groups excluding carboxylic acids is 1. The number of rotatable bonds is 6. The van der Waals surface area contributed by atoms with Gasteiger partial charge in [-0.25, -0.2) is 4.79 Å². The zero-order valence-electron chi connectivity index (χ0n) is 14.9. The highest BCUT2D eigenvalue weighted by atomic mass is 19.4. The Morgan fingerprint density at radius 3 is 2.48 bits per heavy atom. The Morgan fingerprint density at radius 2 is 1.84 bits per heavy atom. The van der Waals surface area contributed by atoms with Gasteiger partial charge in [0, 0.05) is 45.3 Å². The highest BCUT2D eigenvalue weighted by Crippen LogP contribution is 2.19. The molecule has 0 aromatic heterocycles. The molecule has 146 valence electrons. The Hall–Kier alpha value is -1.06. The molecule has 0 aliphatic carbocycles. The normalized spacial score (nSPS) is 28.9. The van der Waals surface area contributed by atoms with Gasteiger partial charge in [-0.1, -0.05) is 0 Å². The highest BCUT2D eigenvalue weighted by molar-refractivity contribution is 5.74. The molecule has 2 N–H and O–H groups in total. The Labute approximate surface area is 147 Å². The summed E-state index contributed by atoms with van der Waals surface area (Å²) in [5.41, 5.74) is 0. The van der Waals surface area contributed by atoms with Crippen molar-refractivity contribution in [2.75, 3.05) is 45.8 Å². The number of halogens is 3. The predicted molar refractivity (Wildman–Crippen MR) is 88.5 cm³/mol. The van der Waals surface area contributed by atoms with Gasteiger partial charge < -0.3 is 15.4 Å². The molecular formula is C16H29F3N4O2. The molecule has 0 spiro atoms. The molecule has 2 fully saturated rings. The van der Waals surface area contributed by atoms with E-state index in [1.807, 2.05) is 0 Å². The van der Waals surface area contributed by atoms with E-state index in [4.69, 9.17) is 4.74 Å². The predicted octanol–water partition coefficient (Wildman–Crippen LogP) is 1.42. The molecule has 3 unspecified atom stereocenters.